The molecule has 1 amide bonds. The third-order valence-electron chi connectivity index (χ3n) is 6.80. The van der Waals surface area contributed by atoms with Crippen LogP contribution in [0.5, 0.6) is 0 Å². The maximum Gasteiger partial charge on any atom is 0.339 e. The number of rotatable bonds is 7. The molecule has 0 bridgehead atoms. The molecule has 31 heavy (non-hydrogen) atoms. The van der Waals surface area contributed by atoms with Gasteiger partial charge in [-0.15, -0.1) is 0 Å². The summed E-state index contributed by atoms with van der Waals surface area (Å²) < 4.78 is 11.2. The van der Waals surface area contributed by atoms with Crippen LogP contribution in [0.2, 0.25) is 0 Å². The Bertz CT molecular complexity index is 818. The van der Waals surface area contributed by atoms with Gasteiger partial charge in [0, 0.05) is 0 Å². The zero-order chi connectivity index (χ0) is 22.4. The molecule has 170 valence electrons. The number of hydrogen-bond donors (Lipinski definition) is 1. The largest absolute Gasteiger partial charge is 0.465 e. The fourth-order valence-corrected chi connectivity index (χ4v) is 4.92. The number of ether oxygens (including phenoxy) is 2. The number of likely N-dealkylation sites (N-methyl/N-ethyl adjacent to an activating group) is 1. The smallest absolute Gasteiger partial charge is 0.339 e. The summed E-state index contributed by atoms with van der Waals surface area (Å²) in [5.41, 5.74) is 1.63. The Morgan fingerprint density at radius 1 is 1.13 bits per heavy atom. The highest BCUT2D eigenvalue weighted by molar-refractivity contribution is 6.02. The third-order valence-corrected chi connectivity index (χ3v) is 6.80. The molecule has 1 heterocycles. The first-order valence-electron chi connectivity index (χ1n) is 11.4. The number of benzene rings is 1. The Labute approximate surface area is 184 Å². The van der Waals surface area contributed by atoms with E-state index in [0.29, 0.717) is 22.3 Å². The quantitative estimate of drug-likeness (QED) is 0.528. The zero-order valence-electron chi connectivity index (χ0n) is 18.9. The van der Waals surface area contributed by atoms with E-state index in [-0.39, 0.29) is 30.4 Å². The van der Waals surface area contributed by atoms with Crippen molar-refractivity contribution in [2.24, 2.45) is 5.92 Å². The van der Waals surface area contributed by atoms with Crippen LogP contribution in [0.1, 0.15) is 61.4 Å². The summed E-state index contributed by atoms with van der Waals surface area (Å²) in [7, 11) is 1.33. The monoisotopic (exact) mass is 431 g/mol. The standard InChI is InChI=1S/C24H34N2O5/c1-4-26(14-8-10-18(15-26)23(28)31-19-11-5-6-12-19)16-21(27)25-22-17(2)9-7-13-20(22)24(29)30-3/h7,9,13,18-19H,4-6,8,10-12,14-16H2,1-3H3/p+1. The number of nitrogens with zero attached hydrogens (tertiary/aromatic N) is 1. The fraction of sp³-hybridized carbons (Fsp3) is 0.625. The molecule has 1 aromatic rings. The summed E-state index contributed by atoms with van der Waals surface area (Å²) in [5, 5.41) is 2.93. The summed E-state index contributed by atoms with van der Waals surface area (Å²) in [6.07, 6.45) is 5.97. The van der Waals surface area contributed by atoms with Crippen molar-refractivity contribution in [1.82, 2.24) is 0 Å². The Morgan fingerprint density at radius 3 is 2.55 bits per heavy atom. The Kier molecular flexibility index (Phi) is 7.70. The van der Waals surface area contributed by atoms with Gasteiger partial charge in [-0.05, 0) is 64.0 Å². The number of methoxy groups -OCH3 is 1. The second-order valence-electron chi connectivity index (χ2n) is 8.94. The van der Waals surface area contributed by atoms with Gasteiger partial charge >= 0.3 is 11.9 Å². The van der Waals surface area contributed by atoms with Gasteiger partial charge in [0.05, 0.1) is 38.0 Å². The van der Waals surface area contributed by atoms with E-state index in [1.807, 2.05) is 13.0 Å². The molecule has 0 aromatic heterocycles. The lowest BCUT2D eigenvalue weighted by Crippen LogP contribution is -2.58. The van der Waals surface area contributed by atoms with Gasteiger partial charge in [-0.2, -0.15) is 0 Å². The van der Waals surface area contributed by atoms with E-state index in [4.69, 9.17) is 9.47 Å². The first-order valence-corrected chi connectivity index (χ1v) is 11.4. The van der Waals surface area contributed by atoms with E-state index in [1.54, 1.807) is 12.1 Å². The first-order chi connectivity index (χ1) is 14.9. The molecule has 3 rings (SSSR count). The van der Waals surface area contributed by atoms with Gasteiger partial charge < -0.3 is 19.3 Å². The van der Waals surface area contributed by atoms with Gasteiger partial charge in [0.15, 0.2) is 6.54 Å². The van der Waals surface area contributed by atoms with E-state index in [9.17, 15) is 14.4 Å². The van der Waals surface area contributed by atoms with Gasteiger partial charge in [0.25, 0.3) is 5.91 Å². The van der Waals surface area contributed by atoms with Crippen LogP contribution >= 0.6 is 0 Å². The summed E-state index contributed by atoms with van der Waals surface area (Å²) in [5.74, 6) is -0.904. The highest BCUT2D eigenvalue weighted by atomic mass is 16.5. The molecule has 1 aromatic carbocycles. The lowest BCUT2D eigenvalue weighted by atomic mass is 9.95. The molecule has 0 radical (unpaired) electrons. The van der Waals surface area contributed by atoms with Crippen LogP contribution in [0.15, 0.2) is 18.2 Å². The second kappa shape index (κ2) is 10.3. The van der Waals surface area contributed by atoms with Gasteiger partial charge in [-0.25, -0.2) is 4.79 Å². The molecular formula is C24H35N2O5+. The van der Waals surface area contributed by atoms with Crippen LogP contribution in [0, 0.1) is 12.8 Å². The molecule has 2 aliphatic rings. The number of hydrogen-bond acceptors (Lipinski definition) is 5. The lowest BCUT2D eigenvalue weighted by molar-refractivity contribution is -0.925. The predicted molar refractivity (Wildman–Crippen MR) is 118 cm³/mol. The Morgan fingerprint density at radius 2 is 1.87 bits per heavy atom. The molecule has 0 spiro atoms. The van der Waals surface area contributed by atoms with Gasteiger partial charge in [-0.1, -0.05) is 12.1 Å². The minimum atomic E-state index is -0.480. The Balaban J connectivity index is 1.67. The molecule has 1 aliphatic carbocycles. The number of aryl methyl sites for hydroxylation is 1. The van der Waals surface area contributed by atoms with E-state index in [1.165, 1.54) is 7.11 Å². The number of nitrogens with one attached hydrogen (secondary N) is 1. The van der Waals surface area contributed by atoms with Crippen molar-refractivity contribution in [3.63, 3.8) is 0 Å². The predicted octanol–water partition coefficient (Wildman–Crippen LogP) is 3.45. The number of likely N-dealkylation sites (tertiary alicyclic amines) is 1. The van der Waals surface area contributed by atoms with Crippen molar-refractivity contribution < 1.29 is 28.3 Å². The van der Waals surface area contributed by atoms with Crippen LogP contribution in [-0.4, -0.2) is 61.7 Å². The van der Waals surface area contributed by atoms with Gasteiger partial charge in [-0.3, -0.25) is 9.59 Å². The molecule has 2 fully saturated rings. The average molecular weight is 432 g/mol. The maximum atomic E-state index is 13.0. The lowest BCUT2D eigenvalue weighted by Gasteiger charge is -2.42. The third kappa shape index (κ3) is 5.64. The normalized spacial score (nSPS) is 23.9. The van der Waals surface area contributed by atoms with E-state index >= 15 is 0 Å². The zero-order valence-corrected chi connectivity index (χ0v) is 18.9. The van der Waals surface area contributed by atoms with Crippen LogP contribution in [0.3, 0.4) is 0 Å². The molecule has 2 unspecified atom stereocenters. The van der Waals surface area contributed by atoms with Crippen molar-refractivity contribution in [2.75, 3.05) is 38.6 Å². The summed E-state index contributed by atoms with van der Waals surface area (Å²) in [6, 6.07) is 5.26. The molecule has 1 saturated carbocycles. The van der Waals surface area contributed by atoms with Crippen molar-refractivity contribution in [1.29, 1.82) is 0 Å². The highest BCUT2D eigenvalue weighted by Gasteiger charge is 2.40. The maximum absolute atomic E-state index is 13.0. The number of carbonyl (C=O) groups is 3. The van der Waals surface area contributed by atoms with E-state index < -0.39 is 5.97 Å². The summed E-state index contributed by atoms with van der Waals surface area (Å²) in [6.45, 7) is 6.41. The SMILES string of the molecule is CC[N+]1(CC(=O)Nc2c(C)cccc2C(=O)OC)CCCC(C(=O)OC2CCCC2)C1. The number of piperidine rings is 1. The van der Waals surface area contributed by atoms with Crippen LogP contribution in [0.4, 0.5) is 5.69 Å². The molecule has 7 nitrogen and oxygen atoms in total. The minimum Gasteiger partial charge on any atom is -0.465 e. The van der Waals surface area contributed by atoms with Crippen molar-refractivity contribution >= 4 is 23.5 Å². The van der Waals surface area contributed by atoms with Crippen molar-refractivity contribution in [3.05, 3.63) is 29.3 Å². The average Bonchev–Trinajstić information content (AvgIpc) is 3.27. The Hall–Kier alpha value is -2.41. The van der Waals surface area contributed by atoms with Crippen LogP contribution in [0.25, 0.3) is 0 Å². The highest BCUT2D eigenvalue weighted by Crippen LogP contribution is 2.28. The number of carbonyl (C=O) groups excluding carboxylic acids is 3. The van der Waals surface area contributed by atoms with Crippen molar-refractivity contribution in [2.45, 2.75) is 58.5 Å². The molecular weight excluding hydrogens is 396 g/mol. The second-order valence-corrected chi connectivity index (χ2v) is 8.94. The summed E-state index contributed by atoms with van der Waals surface area (Å²) in [4.78, 5) is 37.9. The number of quaternary nitrogens is 1. The molecule has 1 aliphatic heterocycles. The van der Waals surface area contributed by atoms with E-state index in [0.717, 1.165) is 57.2 Å². The van der Waals surface area contributed by atoms with Crippen molar-refractivity contribution in [3.8, 4) is 0 Å². The topological polar surface area (TPSA) is 81.7 Å². The van der Waals surface area contributed by atoms with E-state index in [2.05, 4.69) is 12.2 Å². The van der Waals surface area contributed by atoms with Crippen LogP contribution in [-0.2, 0) is 19.1 Å². The molecule has 1 saturated heterocycles. The molecule has 7 heteroatoms. The van der Waals surface area contributed by atoms with Gasteiger partial charge in [0.1, 0.15) is 12.0 Å². The fourth-order valence-electron chi connectivity index (χ4n) is 4.92. The number of amides is 1. The minimum absolute atomic E-state index is 0.0686. The molecule has 1 N–H and O–H groups in total. The first kappa shape index (κ1) is 23.3. The van der Waals surface area contributed by atoms with Gasteiger partial charge in [0.2, 0.25) is 0 Å². The number of esters is 2. The molecule has 2 atom stereocenters. The van der Waals surface area contributed by atoms with Crippen LogP contribution < -0.4 is 5.32 Å². The number of para-hydroxylation sites is 1. The number of anilines is 1. The summed E-state index contributed by atoms with van der Waals surface area (Å²) >= 11 is 0.